The van der Waals surface area contributed by atoms with Crippen LogP contribution >= 0.6 is 0 Å². The van der Waals surface area contributed by atoms with E-state index < -0.39 is 29.8 Å². The van der Waals surface area contributed by atoms with Crippen molar-refractivity contribution < 1.29 is 23.8 Å². The first-order valence-corrected chi connectivity index (χ1v) is 9.39. The number of benzene rings is 1. The van der Waals surface area contributed by atoms with Gasteiger partial charge in [-0.3, -0.25) is 0 Å². The van der Waals surface area contributed by atoms with Gasteiger partial charge in [-0.2, -0.15) is 0 Å². The molecule has 27 heavy (non-hydrogen) atoms. The lowest BCUT2D eigenvalue weighted by Crippen LogP contribution is -2.45. The van der Waals surface area contributed by atoms with Gasteiger partial charge < -0.3 is 19.5 Å². The SMILES string of the molecule is CC(C)C[C@H](OC(=O)[C@H](C)NC(=O)OC(C)(C)C)[C@@H](C)Oc1ccccc1. The van der Waals surface area contributed by atoms with Crippen molar-refractivity contribution in [2.45, 2.75) is 78.7 Å². The Hall–Kier alpha value is -2.24. The molecule has 0 bridgehead atoms. The normalized spacial score (nSPS) is 14.8. The van der Waals surface area contributed by atoms with Crippen LogP contribution in [0.4, 0.5) is 4.79 Å². The lowest BCUT2D eigenvalue weighted by molar-refractivity contribution is -0.156. The van der Waals surface area contributed by atoms with Gasteiger partial charge in [-0.05, 0) is 59.1 Å². The van der Waals surface area contributed by atoms with Crippen LogP contribution in [0.2, 0.25) is 0 Å². The number of hydrogen-bond donors (Lipinski definition) is 1. The Balaban J connectivity index is 2.68. The Morgan fingerprint density at radius 3 is 2.15 bits per heavy atom. The molecular weight excluding hydrogens is 346 g/mol. The van der Waals surface area contributed by atoms with Crippen LogP contribution in [0.15, 0.2) is 30.3 Å². The van der Waals surface area contributed by atoms with Crippen molar-refractivity contribution in [3.05, 3.63) is 30.3 Å². The quantitative estimate of drug-likeness (QED) is 0.681. The largest absolute Gasteiger partial charge is 0.487 e. The summed E-state index contributed by atoms with van der Waals surface area (Å²) in [6, 6.07) is 8.58. The maximum atomic E-state index is 12.4. The molecule has 0 aliphatic carbocycles. The number of rotatable bonds is 8. The maximum Gasteiger partial charge on any atom is 0.408 e. The standard InChI is InChI=1S/C21H33NO5/c1-14(2)13-18(16(4)25-17-11-9-8-10-12-17)26-19(23)15(3)22-20(24)27-21(5,6)7/h8-12,14-16,18H,13H2,1-7H3,(H,22,24)/t15-,16+,18-/m0/s1. The molecule has 1 rings (SSSR count). The molecule has 3 atom stereocenters. The van der Waals surface area contributed by atoms with E-state index in [1.54, 1.807) is 27.7 Å². The summed E-state index contributed by atoms with van der Waals surface area (Å²) in [5, 5.41) is 2.51. The van der Waals surface area contributed by atoms with Gasteiger partial charge in [-0.15, -0.1) is 0 Å². The molecule has 152 valence electrons. The number of nitrogens with one attached hydrogen (secondary N) is 1. The molecule has 0 aromatic heterocycles. The molecule has 0 spiro atoms. The first-order chi connectivity index (χ1) is 12.5. The van der Waals surface area contributed by atoms with Gasteiger partial charge >= 0.3 is 12.1 Å². The van der Waals surface area contributed by atoms with Crippen LogP contribution in [0.25, 0.3) is 0 Å². The molecule has 1 aromatic rings. The molecule has 0 saturated carbocycles. The molecule has 1 aromatic carbocycles. The van der Waals surface area contributed by atoms with E-state index in [9.17, 15) is 9.59 Å². The number of hydrogen-bond acceptors (Lipinski definition) is 5. The molecule has 0 unspecified atom stereocenters. The number of para-hydroxylation sites is 1. The Morgan fingerprint density at radius 1 is 1.04 bits per heavy atom. The van der Waals surface area contributed by atoms with Gasteiger partial charge in [0.1, 0.15) is 29.6 Å². The summed E-state index contributed by atoms with van der Waals surface area (Å²) in [6.45, 7) is 12.8. The van der Waals surface area contributed by atoms with Gasteiger partial charge in [0.25, 0.3) is 0 Å². The van der Waals surface area contributed by atoms with E-state index in [4.69, 9.17) is 14.2 Å². The number of alkyl carbamates (subject to hydrolysis) is 1. The highest BCUT2D eigenvalue weighted by Gasteiger charge is 2.28. The van der Waals surface area contributed by atoms with Gasteiger partial charge in [-0.1, -0.05) is 32.0 Å². The molecule has 0 aliphatic rings. The van der Waals surface area contributed by atoms with Crippen LogP contribution in [0.5, 0.6) is 5.75 Å². The molecular formula is C21H33NO5. The van der Waals surface area contributed by atoms with Crippen molar-refractivity contribution in [1.82, 2.24) is 5.32 Å². The van der Waals surface area contributed by atoms with Crippen molar-refractivity contribution in [2.75, 3.05) is 0 Å². The van der Waals surface area contributed by atoms with Gasteiger partial charge in [-0.25, -0.2) is 9.59 Å². The summed E-state index contributed by atoms with van der Waals surface area (Å²) in [4.78, 5) is 24.3. The molecule has 6 heteroatoms. The number of carbonyl (C=O) groups is 2. The topological polar surface area (TPSA) is 73.9 Å². The summed E-state index contributed by atoms with van der Waals surface area (Å²) in [7, 11) is 0. The highest BCUT2D eigenvalue weighted by Crippen LogP contribution is 2.19. The van der Waals surface area contributed by atoms with Crippen molar-refractivity contribution in [1.29, 1.82) is 0 Å². The second-order valence-corrected chi connectivity index (χ2v) is 8.11. The predicted octanol–water partition coefficient (Wildman–Crippen LogP) is 4.33. The second kappa shape index (κ2) is 10.2. The summed E-state index contributed by atoms with van der Waals surface area (Å²) < 4.78 is 16.7. The van der Waals surface area contributed by atoms with Crippen molar-refractivity contribution in [3.8, 4) is 5.75 Å². The molecule has 0 heterocycles. The third-order valence-corrected chi connectivity index (χ3v) is 3.65. The lowest BCUT2D eigenvalue weighted by Gasteiger charge is -2.28. The fourth-order valence-electron chi connectivity index (χ4n) is 2.38. The van der Waals surface area contributed by atoms with Crippen LogP contribution in [-0.4, -0.2) is 35.9 Å². The molecule has 0 aliphatic heterocycles. The third-order valence-electron chi connectivity index (χ3n) is 3.65. The van der Waals surface area contributed by atoms with Gasteiger partial charge in [0.05, 0.1) is 0 Å². The predicted molar refractivity (Wildman–Crippen MR) is 105 cm³/mol. The second-order valence-electron chi connectivity index (χ2n) is 8.11. The number of carbonyl (C=O) groups excluding carboxylic acids is 2. The molecule has 1 amide bonds. The Kier molecular flexibility index (Phi) is 8.60. The van der Waals surface area contributed by atoms with Crippen LogP contribution in [0.3, 0.4) is 0 Å². The molecule has 0 fully saturated rings. The van der Waals surface area contributed by atoms with Crippen LogP contribution in [-0.2, 0) is 14.3 Å². The smallest absolute Gasteiger partial charge is 0.408 e. The minimum atomic E-state index is -0.821. The zero-order chi connectivity index (χ0) is 20.6. The van der Waals surface area contributed by atoms with E-state index in [0.29, 0.717) is 12.3 Å². The van der Waals surface area contributed by atoms with Gasteiger partial charge in [0.2, 0.25) is 0 Å². The van der Waals surface area contributed by atoms with Crippen molar-refractivity contribution in [3.63, 3.8) is 0 Å². The first kappa shape index (κ1) is 22.8. The molecule has 1 N–H and O–H groups in total. The summed E-state index contributed by atoms with van der Waals surface area (Å²) in [5.41, 5.74) is -0.633. The van der Waals surface area contributed by atoms with Gasteiger partial charge in [0.15, 0.2) is 0 Å². The Bertz CT molecular complexity index is 594. The zero-order valence-electron chi connectivity index (χ0n) is 17.4. The monoisotopic (exact) mass is 379 g/mol. The first-order valence-electron chi connectivity index (χ1n) is 9.39. The van der Waals surface area contributed by atoms with Gasteiger partial charge in [0, 0.05) is 0 Å². The number of ether oxygens (including phenoxy) is 3. The van der Waals surface area contributed by atoms with Crippen LogP contribution in [0.1, 0.15) is 54.9 Å². The van der Waals surface area contributed by atoms with Crippen LogP contribution in [0, 0.1) is 5.92 Å². The Labute approximate surface area is 162 Å². The fourth-order valence-corrected chi connectivity index (χ4v) is 2.38. The summed E-state index contributed by atoms with van der Waals surface area (Å²) in [5.74, 6) is 0.517. The highest BCUT2D eigenvalue weighted by atomic mass is 16.6. The fraction of sp³-hybridized carbons (Fsp3) is 0.619. The zero-order valence-corrected chi connectivity index (χ0v) is 17.4. The van der Waals surface area contributed by atoms with E-state index >= 15 is 0 Å². The molecule has 0 radical (unpaired) electrons. The van der Waals surface area contributed by atoms with Crippen molar-refractivity contribution in [2.24, 2.45) is 5.92 Å². The third kappa shape index (κ3) is 9.31. The maximum absolute atomic E-state index is 12.4. The van der Waals surface area contributed by atoms with E-state index in [0.717, 1.165) is 5.75 Å². The van der Waals surface area contributed by atoms with Crippen molar-refractivity contribution >= 4 is 12.1 Å². The highest BCUT2D eigenvalue weighted by molar-refractivity contribution is 5.81. The number of amides is 1. The molecule has 6 nitrogen and oxygen atoms in total. The lowest BCUT2D eigenvalue weighted by atomic mass is 10.0. The minimum Gasteiger partial charge on any atom is -0.487 e. The van der Waals surface area contributed by atoms with E-state index in [-0.39, 0.29) is 6.10 Å². The average Bonchev–Trinajstić information content (AvgIpc) is 2.52. The Morgan fingerprint density at radius 2 is 1.63 bits per heavy atom. The van der Waals surface area contributed by atoms with E-state index in [1.807, 2.05) is 37.3 Å². The van der Waals surface area contributed by atoms with Crippen LogP contribution < -0.4 is 10.1 Å². The summed E-state index contributed by atoms with van der Waals surface area (Å²) >= 11 is 0. The summed E-state index contributed by atoms with van der Waals surface area (Å²) in [6.07, 6.45) is -0.757. The minimum absolute atomic E-state index is 0.318. The molecule has 0 saturated heterocycles. The van der Waals surface area contributed by atoms with E-state index in [2.05, 4.69) is 19.2 Å². The average molecular weight is 379 g/mol. The van der Waals surface area contributed by atoms with E-state index in [1.165, 1.54) is 0 Å². The number of esters is 1.